The SMILES string of the molecule is CC(=O)O[C@H]1[C@@H](OC(C)=O)[C@@H](COCc2ccccc2)O[C@@H](O[C@H]2[C@H](O)[C@@H](N3C(=O)c4ccccc4C3=O)[C@H](OCC[Si](C)(C)C)O[C@@H]2COCc2ccccc2)[C@@H]1OC(C)=O. The van der Waals surface area contributed by atoms with Gasteiger partial charge in [0.25, 0.3) is 11.8 Å². The van der Waals surface area contributed by atoms with E-state index in [1.807, 2.05) is 60.7 Å². The molecule has 0 aromatic heterocycles. The zero-order chi connectivity index (χ0) is 44.6. The maximum atomic E-state index is 14.1. The Morgan fingerprint density at radius 2 is 1.08 bits per heavy atom. The van der Waals surface area contributed by atoms with Crippen LogP contribution >= 0.6 is 0 Å². The highest BCUT2D eigenvalue weighted by atomic mass is 28.3. The molecule has 3 aromatic rings. The maximum Gasteiger partial charge on any atom is 0.303 e. The van der Waals surface area contributed by atoms with Crippen molar-refractivity contribution in [3.8, 4) is 0 Å². The van der Waals surface area contributed by atoms with Gasteiger partial charge in [-0.1, -0.05) is 92.4 Å². The second-order valence-corrected chi connectivity index (χ2v) is 22.2. The van der Waals surface area contributed by atoms with Crippen molar-refractivity contribution in [2.45, 2.75) is 121 Å². The van der Waals surface area contributed by atoms with E-state index in [-0.39, 0.29) is 44.2 Å². The van der Waals surface area contributed by atoms with Gasteiger partial charge in [-0.3, -0.25) is 28.9 Å². The number of aliphatic hydroxyl groups excluding tert-OH is 1. The van der Waals surface area contributed by atoms with Gasteiger partial charge in [0.15, 0.2) is 30.9 Å². The van der Waals surface area contributed by atoms with Gasteiger partial charge in [0.05, 0.1) is 37.6 Å². The summed E-state index contributed by atoms with van der Waals surface area (Å²) in [4.78, 5) is 67.0. The van der Waals surface area contributed by atoms with Gasteiger partial charge in [-0.05, 0) is 29.3 Å². The van der Waals surface area contributed by atoms with Crippen LogP contribution in [0.25, 0.3) is 0 Å². The van der Waals surface area contributed by atoms with Gasteiger partial charge in [0.2, 0.25) is 0 Å². The lowest BCUT2D eigenvalue weighted by Gasteiger charge is -2.49. The molecule has 2 saturated heterocycles. The van der Waals surface area contributed by atoms with E-state index in [9.17, 15) is 29.1 Å². The lowest BCUT2D eigenvalue weighted by atomic mass is 9.94. The van der Waals surface area contributed by atoms with Crippen molar-refractivity contribution in [2.24, 2.45) is 0 Å². The molecule has 6 rings (SSSR count). The summed E-state index contributed by atoms with van der Waals surface area (Å²) in [6, 6.07) is 24.1. The molecule has 0 bridgehead atoms. The molecule has 3 aliphatic rings. The Balaban J connectivity index is 1.38. The van der Waals surface area contributed by atoms with Crippen LogP contribution in [0.1, 0.15) is 52.6 Å². The number of hydrogen-bond donors (Lipinski definition) is 1. The molecule has 2 fully saturated rings. The molecule has 3 aliphatic heterocycles. The number of imide groups is 1. The number of rotatable bonds is 18. The predicted octanol–water partition coefficient (Wildman–Crippen LogP) is 4.43. The molecule has 16 nitrogen and oxygen atoms in total. The zero-order valence-electron chi connectivity index (χ0n) is 35.7. The number of esters is 3. The molecule has 62 heavy (non-hydrogen) atoms. The fraction of sp³-hybridized carbons (Fsp3) is 0.489. The minimum atomic E-state index is -1.74. The van der Waals surface area contributed by atoms with Gasteiger partial charge >= 0.3 is 17.9 Å². The molecule has 0 saturated carbocycles. The third-order valence-electron chi connectivity index (χ3n) is 10.5. The topological polar surface area (TPSA) is 192 Å². The molecule has 3 aromatic carbocycles. The molecule has 2 amide bonds. The third kappa shape index (κ3) is 11.8. The van der Waals surface area contributed by atoms with Gasteiger partial charge in [-0.25, -0.2) is 0 Å². The fourth-order valence-electron chi connectivity index (χ4n) is 7.57. The van der Waals surface area contributed by atoms with E-state index in [2.05, 4.69) is 19.6 Å². The molecule has 3 heterocycles. The fourth-order valence-corrected chi connectivity index (χ4v) is 8.30. The summed E-state index contributed by atoms with van der Waals surface area (Å²) < 4.78 is 55.3. The Morgan fingerprint density at radius 1 is 0.629 bits per heavy atom. The summed E-state index contributed by atoms with van der Waals surface area (Å²) in [5.41, 5.74) is 1.95. The molecule has 0 unspecified atom stereocenters. The minimum absolute atomic E-state index is 0.127. The molecular weight excluding hydrogens is 823 g/mol. The summed E-state index contributed by atoms with van der Waals surface area (Å²) in [7, 11) is -1.68. The van der Waals surface area contributed by atoms with E-state index in [4.69, 9.17) is 42.6 Å². The first-order chi connectivity index (χ1) is 29.6. The number of carbonyl (C=O) groups is 5. The quantitative estimate of drug-likeness (QED) is 0.0817. The van der Waals surface area contributed by atoms with Crippen LogP contribution in [0.2, 0.25) is 25.7 Å². The maximum absolute atomic E-state index is 14.1. The smallest absolute Gasteiger partial charge is 0.303 e. The van der Waals surface area contributed by atoms with E-state index in [1.165, 1.54) is 12.1 Å². The van der Waals surface area contributed by atoms with Gasteiger partial charge in [0.1, 0.15) is 30.5 Å². The molecule has 17 heteroatoms. The van der Waals surface area contributed by atoms with Gasteiger partial charge in [-0.15, -0.1) is 0 Å². The molecule has 334 valence electrons. The van der Waals surface area contributed by atoms with Crippen molar-refractivity contribution in [2.75, 3.05) is 19.8 Å². The summed E-state index contributed by atoms with van der Waals surface area (Å²) in [6.45, 7) is 9.95. The lowest BCUT2D eigenvalue weighted by molar-refractivity contribution is -0.354. The van der Waals surface area contributed by atoms with Crippen LogP contribution in [0, 0.1) is 0 Å². The second-order valence-electron chi connectivity index (χ2n) is 16.6. The number of fused-ring (bicyclic) bond motifs is 1. The van der Waals surface area contributed by atoms with E-state index in [1.54, 1.807) is 12.1 Å². The van der Waals surface area contributed by atoms with Gasteiger partial charge in [0, 0.05) is 35.5 Å². The molecular formula is C45H55NO15Si. The molecule has 1 N–H and O–H groups in total. The Kier molecular flexibility index (Phi) is 15.8. The van der Waals surface area contributed by atoms with E-state index in [0.717, 1.165) is 36.8 Å². The summed E-state index contributed by atoms with van der Waals surface area (Å²) in [5, 5.41) is 12.6. The van der Waals surface area contributed by atoms with Crippen LogP contribution in [-0.2, 0) is 70.2 Å². The largest absolute Gasteiger partial charge is 0.456 e. The van der Waals surface area contributed by atoms with E-state index < -0.39 is 99.1 Å². The molecule has 0 aliphatic carbocycles. The van der Waals surface area contributed by atoms with Crippen molar-refractivity contribution < 1.29 is 71.7 Å². The first-order valence-electron chi connectivity index (χ1n) is 20.6. The highest BCUT2D eigenvalue weighted by Gasteiger charge is 2.58. The minimum Gasteiger partial charge on any atom is -0.456 e. The number of amides is 2. The van der Waals surface area contributed by atoms with E-state index >= 15 is 0 Å². The van der Waals surface area contributed by atoms with Gasteiger partial charge in [-0.2, -0.15) is 0 Å². The number of hydrogen-bond acceptors (Lipinski definition) is 15. The first-order valence-corrected chi connectivity index (χ1v) is 24.3. The van der Waals surface area contributed by atoms with Crippen LogP contribution in [-0.4, -0.2) is 129 Å². The third-order valence-corrected chi connectivity index (χ3v) is 12.2. The number of carbonyl (C=O) groups excluding carboxylic acids is 5. The number of benzene rings is 3. The summed E-state index contributed by atoms with van der Waals surface area (Å²) >= 11 is 0. The van der Waals surface area contributed by atoms with Crippen LogP contribution in [0.3, 0.4) is 0 Å². The van der Waals surface area contributed by atoms with Crippen molar-refractivity contribution in [1.82, 2.24) is 4.90 Å². The Labute approximate surface area is 361 Å². The summed E-state index contributed by atoms with van der Waals surface area (Å²) in [6.07, 6.45) is -13.0. The highest BCUT2D eigenvalue weighted by Crippen LogP contribution is 2.37. The van der Waals surface area contributed by atoms with Crippen molar-refractivity contribution in [3.63, 3.8) is 0 Å². The average Bonchev–Trinajstić information content (AvgIpc) is 3.46. The van der Waals surface area contributed by atoms with Crippen LogP contribution in [0.4, 0.5) is 0 Å². The van der Waals surface area contributed by atoms with Crippen molar-refractivity contribution in [1.29, 1.82) is 0 Å². The monoisotopic (exact) mass is 877 g/mol. The molecule has 0 radical (unpaired) electrons. The van der Waals surface area contributed by atoms with Crippen molar-refractivity contribution in [3.05, 3.63) is 107 Å². The predicted molar refractivity (Wildman–Crippen MR) is 222 cm³/mol. The van der Waals surface area contributed by atoms with Crippen LogP contribution < -0.4 is 0 Å². The average molecular weight is 878 g/mol. The molecule has 10 atom stereocenters. The zero-order valence-corrected chi connectivity index (χ0v) is 36.7. The standard InChI is InChI=1S/C45H55NO15Si/c1-27(47)56-39-35(26-54-24-31-17-11-8-12-18-31)60-45(41(58-29(3)49)40(39)57-28(2)48)61-38-34(25-53-23-30-15-9-7-10-16-30)59-44(55-21-22-62(4,5)6)36(37(38)50)46-42(51)32-19-13-14-20-33(32)43(46)52/h7-20,34-41,44-45,50H,21-26H2,1-6H3/t34-,35-,36-,37-,38-,39+,40+,41-,44-,45+/m1/s1. The Hall–Kier alpha value is -4.85. The van der Waals surface area contributed by atoms with Crippen molar-refractivity contribution >= 4 is 37.8 Å². The Morgan fingerprint density at radius 3 is 1.58 bits per heavy atom. The second kappa shape index (κ2) is 21.0. The number of ether oxygens (including phenoxy) is 9. The number of nitrogens with zero attached hydrogens (tertiary/aromatic N) is 1. The Bertz CT molecular complexity index is 1980. The van der Waals surface area contributed by atoms with Crippen LogP contribution in [0.5, 0.6) is 0 Å². The van der Waals surface area contributed by atoms with Crippen LogP contribution in [0.15, 0.2) is 84.9 Å². The molecule has 0 spiro atoms. The van der Waals surface area contributed by atoms with Gasteiger partial charge < -0.3 is 47.7 Å². The summed E-state index contributed by atoms with van der Waals surface area (Å²) in [5.74, 6) is -3.72. The number of aliphatic hydroxyl groups is 1. The van der Waals surface area contributed by atoms with E-state index in [0.29, 0.717) is 6.04 Å². The normalized spacial score (nSPS) is 27.4. The lowest BCUT2D eigenvalue weighted by Crippen LogP contribution is -2.69. The first kappa shape index (κ1) is 46.6. The highest BCUT2D eigenvalue weighted by molar-refractivity contribution is 6.76.